The summed E-state index contributed by atoms with van der Waals surface area (Å²) in [6.07, 6.45) is 4.55. The van der Waals surface area contributed by atoms with Gasteiger partial charge in [-0.25, -0.2) is 4.98 Å². The Balaban J connectivity index is 2.00. The molecule has 0 saturated heterocycles. The smallest absolute Gasteiger partial charge is 0.115 e. The molecule has 1 N–H and O–H groups in total. The second kappa shape index (κ2) is 6.66. The van der Waals surface area contributed by atoms with Crippen LogP contribution in [0.25, 0.3) is 0 Å². The van der Waals surface area contributed by atoms with Crippen molar-refractivity contribution in [3.8, 4) is 0 Å². The third-order valence-electron chi connectivity index (χ3n) is 3.75. The maximum Gasteiger partial charge on any atom is 0.115 e. The van der Waals surface area contributed by atoms with Gasteiger partial charge in [0.15, 0.2) is 0 Å². The van der Waals surface area contributed by atoms with Gasteiger partial charge in [0.25, 0.3) is 0 Å². The number of aromatic nitrogens is 1. The van der Waals surface area contributed by atoms with Gasteiger partial charge in [-0.2, -0.15) is 0 Å². The number of fused-ring (bicyclic) bond motifs is 1. The Morgan fingerprint density at radius 1 is 1.29 bits per heavy atom. The highest BCUT2D eigenvalue weighted by atomic mass is 35.5. The van der Waals surface area contributed by atoms with E-state index in [2.05, 4.69) is 12.2 Å². The lowest BCUT2D eigenvalue weighted by molar-refractivity contribution is 0.594. The van der Waals surface area contributed by atoms with Gasteiger partial charge in [0.2, 0.25) is 0 Å². The van der Waals surface area contributed by atoms with Crippen LogP contribution in [0.3, 0.4) is 0 Å². The van der Waals surface area contributed by atoms with Crippen molar-refractivity contribution in [2.75, 3.05) is 6.54 Å². The van der Waals surface area contributed by atoms with E-state index in [4.69, 9.17) is 28.2 Å². The number of rotatable bonds is 5. The van der Waals surface area contributed by atoms with Crippen LogP contribution in [0.4, 0.5) is 0 Å². The molecule has 1 heterocycles. The molecule has 0 amide bonds. The topological polar surface area (TPSA) is 24.9 Å². The highest BCUT2D eigenvalue weighted by Gasteiger charge is 2.25. The summed E-state index contributed by atoms with van der Waals surface area (Å²) in [6.45, 7) is 3.07. The first-order valence-corrected chi connectivity index (χ1v) is 8.93. The summed E-state index contributed by atoms with van der Waals surface area (Å²) in [5.41, 5.74) is 2.21. The molecule has 112 valence electrons. The number of hydrogen-bond donors (Lipinski definition) is 1. The van der Waals surface area contributed by atoms with Crippen LogP contribution in [0.2, 0.25) is 10.0 Å². The Morgan fingerprint density at radius 3 is 2.71 bits per heavy atom. The van der Waals surface area contributed by atoms with Crippen LogP contribution in [0.1, 0.15) is 46.9 Å². The highest BCUT2D eigenvalue weighted by molar-refractivity contribution is 7.11. The second-order valence-electron chi connectivity index (χ2n) is 5.30. The molecular weight excluding hydrogens is 323 g/mol. The Hall–Kier alpha value is -0.610. The largest absolute Gasteiger partial charge is 0.304 e. The molecule has 0 saturated carbocycles. The maximum atomic E-state index is 6.40. The molecule has 0 aliphatic heterocycles. The van der Waals surface area contributed by atoms with Gasteiger partial charge < -0.3 is 5.32 Å². The van der Waals surface area contributed by atoms with E-state index < -0.39 is 0 Å². The van der Waals surface area contributed by atoms with Crippen LogP contribution in [0.5, 0.6) is 0 Å². The Bertz CT molecular complexity index is 597. The molecule has 1 aliphatic rings. The van der Waals surface area contributed by atoms with Crippen LogP contribution in [-0.4, -0.2) is 11.5 Å². The molecule has 3 rings (SSSR count). The first-order chi connectivity index (χ1) is 10.2. The summed E-state index contributed by atoms with van der Waals surface area (Å²) < 4.78 is 0. The summed E-state index contributed by atoms with van der Waals surface area (Å²) in [5, 5.41) is 6.04. The molecule has 2 nitrogen and oxygen atoms in total. The molecule has 0 radical (unpaired) electrons. The SMILES string of the molecule is CCCNC(c1nc2c(s1)CCC2)c1c(Cl)cccc1Cl. The van der Waals surface area contributed by atoms with Crippen molar-refractivity contribution >= 4 is 34.5 Å². The fourth-order valence-electron chi connectivity index (χ4n) is 2.72. The van der Waals surface area contributed by atoms with Crippen molar-refractivity contribution in [2.24, 2.45) is 0 Å². The lowest BCUT2D eigenvalue weighted by Gasteiger charge is -2.19. The van der Waals surface area contributed by atoms with Gasteiger partial charge in [-0.3, -0.25) is 0 Å². The average molecular weight is 341 g/mol. The predicted molar refractivity (Wildman–Crippen MR) is 90.7 cm³/mol. The lowest BCUT2D eigenvalue weighted by atomic mass is 10.1. The minimum absolute atomic E-state index is 0.0123. The summed E-state index contributed by atoms with van der Waals surface area (Å²) in [4.78, 5) is 6.27. The summed E-state index contributed by atoms with van der Waals surface area (Å²) in [7, 11) is 0. The first kappa shape index (κ1) is 15.3. The van der Waals surface area contributed by atoms with Crippen molar-refractivity contribution in [2.45, 2.75) is 38.6 Å². The molecule has 5 heteroatoms. The van der Waals surface area contributed by atoms with Gasteiger partial charge in [0.05, 0.1) is 11.7 Å². The van der Waals surface area contributed by atoms with E-state index in [1.165, 1.54) is 17.0 Å². The molecule has 0 bridgehead atoms. The third-order valence-corrected chi connectivity index (χ3v) is 5.63. The number of halogens is 2. The van der Waals surface area contributed by atoms with Crippen molar-refractivity contribution in [3.63, 3.8) is 0 Å². The van der Waals surface area contributed by atoms with Gasteiger partial charge in [0, 0.05) is 20.5 Å². The van der Waals surface area contributed by atoms with E-state index in [0.29, 0.717) is 10.0 Å². The third kappa shape index (κ3) is 3.11. The Labute approximate surface area is 139 Å². The standard InChI is InChI=1S/C16H18Cl2N2S/c1-2-9-19-15(14-10(17)5-3-6-11(14)18)16-20-12-7-4-8-13(12)21-16/h3,5-6,15,19H,2,4,7-9H2,1H3. The zero-order valence-corrected chi connectivity index (χ0v) is 14.3. The first-order valence-electron chi connectivity index (χ1n) is 7.36. The van der Waals surface area contributed by atoms with E-state index in [-0.39, 0.29) is 6.04 Å². The molecule has 1 aromatic heterocycles. The molecule has 1 atom stereocenters. The van der Waals surface area contributed by atoms with Crippen molar-refractivity contribution < 1.29 is 0 Å². The minimum Gasteiger partial charge on any atom is -0.304 e. The zero-order chi connectivity index (χ0) is 14.8. The van der Waals surface area contributed by atoms with E-state index in [9.17, 15) is 0 Å². The van der Waals surface area contributed by atoms with Crippen LogP contribution in [0.15, 0.2) is 18.2 Å². The summed E-state index contributed by atoms with van der Waals surface area (Å²) >= 11 is 14.6. The monoisotopic (exact) mass is 340 g/mol. The van der Waals surface area contributed by atoms with Gasteiger partial charge in [-0.1, -0.05) is 36.2 Å². The molecule has 21 heavy (non-hydrogen) atoms. The lowest BCUT2D eigenvalue weighted by Crippen LogP contribution is -2.23. The van der Waals surface area contributed by atoms with Crippen LogP contribution < -0.4 is 5.32 Å². The number of benzene rings is 1. The van der Waals surface area contributed by atoms with E-state index in [1.54, 1.807) is 11.3 Å². The van der Waals surface area contributed by atoms with Gasteiger partial charge in [-0.05, 0) is 44.4 Å². The molecule has 0 fully saturated rings. The number of nitrogens with one attached hydrogen (secondary N) is 1. The fourth-order valence-corrected chi connectivity index (χ4v) is 4.58. The second-order valence-corrected chi connectivity index (χ2v) is 7.23. The Morgan fingerprint density at radius 2 is 2.05 bits per heavy atom. The molecule has 1 aliphatic carbocycles. The van der Waals surface area contributed by atoms with Crippen LogP contribution >= 0.6 is 34.5 Å². The molecule has 0 spiro atoms. The van der Waals surface area contributed by atoms with E-state index in [1.807, 2.05) is 18.2 Å². The number of aryl methyl sites for hydroxylation is 2. The number of thiazole rings is 1. The maximum absolute atomic E-state index is 6.40. The Kier molecular flexibility index (Phi) is 4.85. The van der Waals surface area contributed by atoms with Crippen molar-refractivity contribution in [1.82, 2.24) is 10.3 Å². The van der Waals surface area contributed by atoms with E-state index in [0.717, 1.165) is 36.4 Å². The molecule has 1 aromatic carbocycles. The molecule has 1 unspecified atom stereocenters. The number of hydrogen-bond acceptors (Lipinski definition) is 3. The van der Waals surface area contributed by atoms with Crippen LogP contribution in [0, 0.1) is 0 Å². The predicted octanol–water partition coefficient (Wildman–Crippen LogP) is 5.03. The summed E-state index contributed by atoms with van der Waals surface area (Å²) in [6, 6.07) is 5.66. The van der Waals surface area contributed by atoms with Gasteiger partial charge in [-0.15, -0.1) is 11.3 Å². The average Bonchev–Trinajstić information content (AvgIpc) is 3.03. The molecule has 2 aromatic rings. The summed E-state index contributed by atoms with van der Waals surface area (Å²) in [5.74, 6) is 0. The number of nitrogens with zero attached hydrogens (tertiary/aromatic N) is 1. The molecular formula is C16H18Cl2N2S. The normalized spacial score (nSPS) is 15.2. The van der Waals surface area contributed by atoms with Gasteiger partial charge >= 0.3 is 0 Å². The minimum atomic E-state index is -0.0123. The fraction of sp³-hybridized carbons (Fsp3) is 0.438. The van der Waals surface area contributed by atoms with E-state index >= 15 is 0 Å². The van der Waals surface area contributed by atoms with Gasteiger partial charge in [0.1, 0.15) is 5.01 Å². The van der Waals surface area contributed by atoms with Crippen molar-refractivity contribution in [1.29, 1.82) is 0 Å². The highest BCUT2D eigenvalue weighted by Crippen LogP contribution is 2.38. The van der Waals surface area contributed by atoms with Crippen molar-refractivity contribution in [3.05, 3.63) is 49.4 Å². The van der Waals surface area contributed by atoms with Crippen LogP contribution in [-0.2, 0) is 12.8 Å². The quantitative estimate of drug-likeness (QED) is 0.825. The zero-order valence-electron chi connectivity index (χ0n) is 12.0.